The first kappa shape index (κ1) is 67.9. The third-order valence-corrected chi connectivity index (χ3v) is 67.5. The molecule has 0 saturated carbocycles. The van der Waals surface area contributed by atoms with Gasteiger partial charge in [0, 0.05) is 0 Å². The molecule has 0 unspecified atom stereocenters. The highest BCUT2D eigenvalue weighted by molar-refractivity contribution is 6.95. The minimum atomic E-state index is -2.80. The lowest BCUT2D eigenvalue weighted by Crippen LogP contribution is -2.63. The van der Waals surface area contributed by atoms with Crippen molar-refractivity contribution in [2.75, 3.05) is 0 Å². The molecule has 0 bridgehead atoms. The lowest BCUT2D eigenvalue weighted by atomic mass is 11.8. The summed E-state index contributed by atoms with van der Waals surface area (Å²) in [6.45, 7) is 71.2. The van der Waals surface area contributed by atoms with Crippen molar-refractivity contribution in [3.8, 4) is 0 Å². The molecule has 0 heterocycles. The van der Waals surface area contributed by atoms with Gasteiger partial charge in [0.1, 0.15) is 0 Å². The van der Waals surface area contributed by atoms with Gasteiger partial charge in [-0.1, -0.05) is 0 Å². The first-order valence-corrected chi connectivity index (χ1v) is 69.4. The fourth-order valence-corrected chi connectivity index (χ4v) is 90.4. The summed E-state index contributed by atoms with van der Waals surface area (Å²) < 4.78 is 101. The molecule has 65 heavy (non-hydrogen) atoms. The van der Waals surface area contributed by atoms with Gasteiger partial charge in [-0.2, -0.15) is 0 Å². The minimum absolute atomic E-state index is 1.78. The highest BCUT2D eigenvalue weighted by atomic mass is 28.5. The summed E-state index contributed by atoms with van der Waals surface area (Å²) in [4.78, 5) is 0. The van der Waals surface area contributed by atoms with Crippen LogP contribution in [-0.4, -0.2) is 136 Å². The predicted octanol–water partition coefficient (Wildman–Crippen LogP) is 12.7. The van der Waals surface area contributed by atoms with Crippen LogP contribution in [0, 0.1) is 0 Å². The van der Waals surface area contributed by atoms with Crippen LogP contribution in [0.5, 0.6) is 0 Å². The van der Waals surface area contributed by atoms with Crippen LogP contribution in [0.4, 0.5) is 0 Å². The lowest BCUT2D eigenvalue weighted by Gasteiger charge is -2.45. The molecule has 15 nitrogen and oxygen atoms in total. The Labute approximate surface area is 417 Å². The van der Waals surface area contributed by atoms with E-state index >= 15 is 0 Å². The van der Waals surface area contributed by atoms with Gasteiger partial charge in [-0.15, -0.1) is 0 Å². The second kappa shape index (κ2) is 22.4. The minimum Gasteiger partial charge on any atom is -0.437 e. The molecule has 0 amide bonds. The summed E-state index contributed by atoms with van der Waals surface area (Å²) >= 11 is 0. The zero-order valence-corrected chi connectivity index (χ0v) is 64.1. The molecule has 0 aromatic heterocycles. The molecular weight excluding hydrogens is 1100 g/mol. The summed E-state index contributed by atoms with van der Waals surface area (Å²) in [6, 6.07) is 0. The zero-order chi connectivity index (χ0) is 52.6. The molecule has 0 rings (SSSR count). The first-order chi connectivity index (χ1) is 27.6. The van der Waals surface area contributed by atoms with E-state index in [0.717, 1.165) is 0 Å². The Morgan fingerprint density at radius 1 is 0.108 bits per heavy atom. The number of hydrogen-bond acceptors (Lipinski definition) is 15. The average Bonchev–Trinajstić information content (AvgIpc) is 2.73. The molecule has 0 N–H and O–H groups in total. The molecule has 0 spiro atoms. The predicted molar refractivity (Wildman–Crippen MR) is 308 cm³/mol. The maximum Gasteiger partial charge on any atom is 0.314 e. The zero-order valence-electron chi connectivity index (χ0n) is 48.1. The van der Waals surface area contributed by atoms with E-state index in [1.807, 2.05) is 0 Å². The van der Waals surface area contributed by atoms with Crippen LogP contribution < -0.4 is 0 Å². The quantitative estimate of drug-likeness (QED) is 0.0630. The van der Waals surface area contributed by atoms with Crippen molar-refractivity contribution in [2.45, 2.75) is 223 Å². The van der Waals surface area contributed by atoms with Gasteiger partial charge in [-0.05, 0) is 223 Å². The normalized spacial score (nSPS) is 16.2. The van der Waals surface area contributed by atoms with Gasteiger partial charge < -0.3 is 61.7 Å². The lowest BCUT2D eigenvalue weighted by molar-refractivity contribution is 0.251. The fraction of sp³-hybridized carbons (Fsp3) is 1.00. The van der Waals surface area contributed by atoms with Crippen molar-refractivity contribution in [1.82, 2.24) is 0 Å². The Hall–Kier alpha value is 2.87. The Kier molecular flexibility index (Phi) is 23.4. The van der Waals surface area contributed by atoms with Gasteiger partial charge in [0.25, 0.3) is 0 Å². The summed E-state index contributed by atoms with van der Waals surface area (Å²) in [5.41, 5.74) is 0. The van der Waals surface area contributed by atoms with E-state index in [1.54, 1.807) is 0 Å². The molecule has 0 aromatic rings. The topological polar surface area (TPSA) is 138 Å². The molecule has 0 atom stereocenters. The van der Waals surface area contributed by atoms with E-state index in [2.05, 4.69) is 223 Å². The van der Waals surface area contributed by atoms with Crippen LogP contribution in [0.2, 0.25) is 223 Å². The summed E-state index contributed by atoms with van der Waals surface area (Å²) in [7, 11) is -41.0. The molecule has 0 aliphatic carbocycles. The third kappa shape index (κ3) is 32.6. The molecule has 0 aliphatic rings. The molecule has 0 aliphatic heterocycles. The van der Waals surface area contributed by atoms with Crippen molar-refractivity contribution in [3.05, 3.63) is 0 Å². The van der Waals surface area contributed by atoms with E-state index in [1.165, 1.54) is 0 Å². The monoisotopic (exact) mass is 1200 g/mol. The van der Waals surface area contributed by atoms with Crippen molar-refractivity contribution in [1.29, 1.82) is 0 Å². The SMILES string of the molecule is C[Si](C)(C)O[Si](C)(C)O[Si](C)(C)O[Si](C)(C)O[Si](C)(C)O[Si](C)(C)O[Si](C)(C)O[Si](C)(C)O[Si](C)(C)O[Si](C)(C)O[Si](C)(C)O[Si](C)(C)O[Si](C)(C)O[Si](C)(C)O[Si](C)(C)O[Si](C)(C)C. The number of hydrogen-bond donors (Lipinski definition) is 0. The van der Waals surface area contributed by atoms with E-state index in [0.29, 0.717) is 0 Å². The van der Waals surface area contributed by atoms with E-state index in [-0.39, 0.29) is 0 Å². The Balaban J connectivity index is 5.72. The van der Waals surface area contributed by atoms with Crippen LogP contribution in [0.1, 0.15) is 0 Å². The largest absolute Gasteiger partial charge is 0.437 e. The highest BCUT2D eigenvalue weighted by Crippen LogP contribution is 2.33. The van der Waals surface area contributed by atoms with E-state index < -0.39 is 136 Å². The fourth-order valence-electron chi connectivity index (χ4n) is 9.46. The first-order valence-electron chi connectivity index (χ1n) is 23.1. The second-order valence-corrected chi connectivity index (χ2v) is 85.2. The molecule has 0 aromatic carbocycles. The van der Waals surface area contributed by atoms with E-state index in [9.17, 15) is 0 Å². The smallest absolute Gasteiger partial charge is 0.314 e. The standard InChI is InChI=1S/C34H102O15Si16/c1-50(2,3)35-52(7,8)37-54(11,12)39-56(15,16)41-58(19,20)43-60(23,24)45-62(27,28)47-64(31,32)49-65(33,34)48-63(29,30)46-61(25,26)44-59(21,22)42-57(17,18)40-55(13,14)38-53(9,10)36-51(4,5)6/h1-34H3. The van der Waals surface area contributed by atoms with Gasteiger partial charge in [0.15, 0.2) is 16.6 Å². The Morgan fingerprint density at radius 3 is 0.231 bits per heavy atom. The maximum atomic E-state index is 6.89. The van der Waals surface area contributed by atoms with Crippen LogP contribution in [-0.2, 0) is 61.7 Å². The van der Waals surface area contributed by atoms with Crippen LogP contribution in [0.15, 0.2) is 0 Å². The van der Waals surface area contributed by atoms with Gasteiger partial charge in [-0.25, -0.2) is 0 Å². The Morgan fingerprint density at radius 2 is 0.169 bits per heavy atom. The van der Waals surface area contributed by atoms with Crippen molar-refractivity contribution < 1.29 is 61.7 Å². The maximum absolute atomic E-state index is 6.89. The summed E-state index contributed by atoms with van der Waals surface area (Å²) in [6.07, 6.45) is 0. The summed E-state index contributed by atoms with van der Waals surface area (Å²) in [5, 5.41) is 0. The highest BCUT2D eigenvalue weighted by Gasteiger charge is 2.53. The van der Waals surface area contributed by atoms with Crippen LogP contribution in [0.3, 0.4) is 0 Å². The third-order valence-electron chi connectivity index (χ3n) is 7.49. The molecule has 0 saturated heterocycles. The molecule has 31 heteroatoms. The van der Waals surface area contributed by atoms with Crippen molar-refractivity contribution in [2.24, 2.45) is 0 Å². The van der Waals surface area contributed by atoms with Crippen LogP contribution >= 0.6 is 0 Å². The molecule has 0 fully saturated rings. The van der Waals surface area contributed by atoms with Gasteiger partial charge >= 0.3 is 120 Å². The van der Waals surface area contributed by atoms with Crippen LogP contribution in [0.25, 0.3) is 0 Å². The average molecular weight is 1200 g/mol. The molecule has 0 radical (unpaired) electrons. The van der Waals surface area contributed by atoms with Gasteiger partial charge in [-0.3, -0.25) is 0 Å². The molecular formula is C34H102O15Si16. The summed E-state index contributed by atoms with van der Waals surface area (Å²) in [5.74, 6) is 0. The van der Waals surface area contributed by atoms with E-state index in [4.69, 9.17) is 61.7 Å². The molecule has 392 valence electrons. The van der Waals surface area contributed by atoms with Crippen molar-refractivity contribution in [3.63, 3.8) is 0 Å². The van der Waals surface area contributed by atoms with Gasteiger partial charge in [0.2, 0.25) is 0 Å². The number of rotatable bonds is 30. The van der Waals surface area contributed by atoms with Crippen molar-refractivity contribution >= 4 is 136 Å². The second-order valence-electron chi connectivity index (χ2n) is 25.4. The Bertz CT molecular complexity index is 1420. The van der Waals surface area contributed by atoms with Gasteiger partial charge in [0.05, 0.1) is 0 Å².